The van der Waals surface area contributed by atoms with Crippen molar-refractivity contribution in [2.45, 2.75) is 56.9 Å². The van der Waals surface area contributed by atoms with Gasteiger partial charge < -0.3 is 15.2 Å². The van der Waals surface area contributed by atoms with Gasteiger partial charge in [0, 0.05) is 19.1 Å². The summed E-state index contributed by atoms with van der Waals surface area (Å²) in [6.45, 7) is 4.64. The molecule has 0 spiro atoms. The largest absolute Gasteiger partial charge is 0.507 e. The van der Waals surface area contributed by atoms with E-state index >= 15 is 0 Å². The highest BCUT2D eigenvalue weighted by molar-refractivity contribution is 7.89. The normalized spacial score (nSPS) is 25.1. The van der Waals surface area contributed by atoms with E-state index in [1.807, 2.05) is 0 Å². The van der Waals surface area contributed by atoms with Gasteiger partial charge in [-0.25, -0.2) is 13.2 Å². The van der Waals surface area contributed by atoms with Crippen LogP contribution in [0.25, 0.3) is 0 Å². The third-order valence-corrected chi connectivity index (χ3v) is 8.17. The summed E-state index contributed by atoms with van der Waals surface area (Å²) >= 11 is 0. The summed E-state index contributed by atoms with van der Waals surface area (Å²) < 4.78 is 31.8. The summed E-state index contributed by atoms with van der Waals surface area (Å²) in [7, 11) is -3.74. The fourth-order valence-electron chi connectivity index (χ4n) is 4.16. The number of benzene rings is 1. The fraction of sp³-hybridized carbons (Fsp3) is 0.619. The number of carbonyl (C=O) groups is 2. The molecule has 1 heterocycles. The highest BCUT2D eigenvalue weighted by Crippen LogP contribution is 2.29. The molecule has 0 unspecified atom stereocenters. The number of ether oxygens (including phenoxy) is 1. The summed E-state index contributed by atoms with van der Waals surface area (Å²) in [5, 5.41) is 12.9. The zero-order valence-corrected chi connectivity index (χ0v) is 18.3. The Morgan fingerprint density at radius 3 is 2.57 bits per heavy atom. The highest BCUT2D eigenvalue weighted by atomic mass is 32.2. The van der Waals surface area contributed by atoms with E-state index in [4.69, 9.17) is 4.74 Å². The van der Waals surface area contributed by atoms with Crippen molar-refractivity contribution in [1.82, 2.24) is 9.62 Å². The lowest BCUT2D eigenvalue weighted by Crippen LogP contribution is -2.45. The molecular weight excluding hydrogens is 408 g/mol. The average molecular weight is 439 g/mol. The van der Waals surface area contributed by atoms with E-state index in [9.17, 15) is 23.1 Å². The lowest BCUT2D eigenvalue weighted by Gasteiger charge is -2.34. The van der Waals surface area contributed by atoms with Gasteiger partial charge in [0.15, 0.2) is 6.61 Å². The average Bonchev–Trinajstić information content (AvgIpc) is 3.25. The maximum Gasteiger partial charge on any atom is 0.342 e. The molecule has 8 nitrogen and oxygen atoms in total. The number of sulfonamides is 1. The number of hydrogen-bond acceptors (Lipinski definition) is 6. The zero-order valence-electron chi connectivity index (χ0n) is 17.5. The molecule has 0 bridgehead atoms. The quantitative estimate of drug-likeness (QED) is 0.659. The van der Waals surface area contributed by atoms with Gasteiger partial charge in [0.2, 0.25) is 10.0 Å². The maximum atomic E-state index is 12.7. The molecule has 3 rings (SSSR count). The molecule has 2 N–H and O–H groups in total. The van der Waals surface area contributed by atoms with Crippen molar-refractivity contribution in [2.75, 3.05) is 19.7 Å². The van der Waals surface area contributed by atoms with Crippen molar-refractivity contribution < 1.29 is 27.9 Å². The summed E-state index contributed by atoms with van der Waals surface area (Å²) in [5.41, 5.74) is -0.275. The monoisotopic (exact) mass is 438 g/mol. The first-order chi connectivity index (χ1) is 14.2. The molecule has 3 atom stereocenters. The van der Waals surface area contributed by atoms with E-state index in [1.165, 1.54) is 10.4 Å². The predicted molar refractivity (Wildman–Crippen MR) is 110 cm³/mol. The van der Waals surface area contributed by atoms with Gasteiger partial charge in [-0.1, -0.05) is 26.7 Å². The molecular formula is C21H30N2O6S. The van der Waals surface area contributed by atoms with Crippen LogP contribution in [-0.4, -0.2) is 55.4 Å². The zero-order chi connectivity index (χ0) is 21.9. The van der Waals surface area contributed by atoms with E-state index in [2.05, 4.69) is 19.2 Å². The second kappa shape index (κ2) is 9.34. The molecule has 1 aliphatic carbocycles. The second-order valence-electron chi connectivity index (χ2n) is 8.31. The van der Waals surface area contributed by atoms with Crippen molar-refractivity contribution in [3.05, 3.63) is 23.8 Å². The van der Waals surface area contributed by atoms with Crippen LogP contribution in [0.3, 0.4) is 0 Å². The number of amides is 1. The van der Waals surface area contributed by atoms with Crippen LogP contribution >= 0.6 is 0 Å². The van der Waals surface area contributed by atoms with Crippen LogP contribution in [0.15, 0.2) is 23.1 Å². The van der Waals surface area contributed by atoms with Crippen LogP contribution in [-0.2, 0) is 19.6 Å². The maximum absolute atomic E-state index is 12.7. The molecule has 9 heteroatoms. The van der Waals surface area contributed by atoms with Gasteiger partial charge in [-0.2, -0.15) is 4.31 Å². The third-order valence-electron chi connectivity index (χ3n) is 6.28. The Balaban J connectivity index is 1.63. The van der Waals surface area contributed by atoms with E-state index in [0.717, 1.165) is 44.2 Å². The fourth-order valence-corrected chi connectivity index (χ4v) is 5.70. The van der Waals surface area contributed by atoms with Crippen molar-refractivity contribution in [2.24, 2.45) is 11.8 Å². The number of phenolic OH excluding ortho intramolecular Hbond substituents is 1. The van der Waals surface area contributed by atoms with Gasteiger partial charge in [-0.05, 0) is 49.3 Å². The van der Waals surface area contributed by atoms with Crippen LogP contribution in [0, 0.1) is 11.8 Å². The Kier molecular flexibility index (Phi) is 7.02. The molecule has 1 saturated carbocycles. The third kappa shape index (κ3) is 4.95. The summed E-state index contributed by atoms with van der Waals surface area (Å²) in [5.74, 6) is -0.880. The molecule has 2 fully saturated rings. The van der Waals surface area contributed by atoms with Crippen LogP contribution in [0.4, 0.5) is 0 Å². The number of nitrogens with one attached hydrogen (secondary N) is 1. The van der Waals surface area contributed by atoms with Gasteiger partial charge in [-0.3, -0.25) is 4.79 Å². The first-order valence-electron chi connectivity index (χ1n) is 10.5. The van der Waals surface area contributed by atoms with Crippen molar-refractivity contribution >= 4 is 21.9 Å². The number of phenols is 1. The number of hydrogen-bond donors (Lipinski definition) is 2. The molecule has 1 saturated heterocycles. The van der Waals surface area contributed by atoms with E-state index in [0.29, 0.717) is 24.9 Å². The number of rotatable bonds is 6. The minimum Gasteiger partial charge on any atom is -0.507 e. The number of carbonyl (C=O) groups excluding carboxylic acids is 2. The Labute approximate surface area is 177 Å². The van der Waals surface area contributed by atoms with Crippen molar-refractivity contribution in [1.29, 1.82) is 0 Å². The van der Waals surface area contributed by atoms with Gasteiger partial charge in [0.1, 0.15) is 11.3 Å². The Morgan fingerprint density at radius 1 is 1.17 bits per heavy atom. The molecule has 1 aromatic carbocycles. The van der Waals surface area contributed by atoms with Gasteiger partial charge >= 0.3 is 5.97 Å². The molecule has 1 aliphatic heterocycles. The van der Waals surface area contributed by atoms with Crippen LogP contribution in [0.5, 0.6) is 5.75 Å². The van der Waals surface area contributed by atoms with Crippen molar-refractivity contribution in [3.63, 3.8) is 0 Å². The van der Waals surface area contributed by atoms with Gasteiger partial charge in [0.05, 0.1) is 4.90 Å². The summed E-state index contributed by atoms with van der Waals surface area (Å²) in [6.07, 6.45) is 4.66. The van der Waals surface area contributed by atoms with E-state index in [-0.39, 0.29) is 16.5 Å². The van der Waals surface area contributed by atoms with Crippen LogP contribution in [0.2, 0.25) is 0 Å². The minimum atomic E-state index is -3.74. The molecule has 0 radical (unpaired) electrons. The van der Waals surface area contributed by atoms with Crippen molar-refractivity contribution in [3.8, 4) is 5.75 Å². The number of esters is 1. The molecule has 166 valence electrons. The van der Waals surface area contributed by atoms with E-state index < -0.39 is 34.3 Å². The lowest BCUT2D eigenvalue weighted by molar-refractivity contribution is -0.125. The molecule has 1 amide bonds. The lowest BCUT2D eigenvalue weighted by atomic mass is 9.78. The molecule has 0 aromatic heterocycles. The minimum absolute atomic E-state index is 0.0438. The van der Waals surface area contributed by atoms with E-state index in [1.54, 1.807) is 0 Å². The standard InChI is InChI=1S/C21H30N2O6S/c1-14-6-5-7-18(15(14)2)22-20(25)13-29-21(26)17-12-16(8-9-19(17)24)30(27,28)23-10-3-4-11-23/h8-9,12,14-15,18,24H,3-7,10-11,13H2,1-2H3,(H,22,25)/t14-,15-,18+/m1/s1. The molecule has 1 aromatic rings. The topological polar surface area (TPSA) is 113 Å². The Bertz CT molecular complexity index is 895. The number of aromatic hydroxyl groups is 1. The van der Waals surface area contributed by atoms with Gasteiger partial charge in [0.25, 0.3) is 5.91 Å². The highest BCUT2D eigenvalue weighted by Gasteiger charge is 2.30. The van der Waals surface area contributed by atoms with Gasteiger partial charge in [-0.15, -0.1) is 0 Å². The Morgan fingerprint density at radius 2 is 1.87 bits per heavy atom. The van der Waals surface area contributed by atoms with Crippen LogP contribution in [0.1, 0.15) is 56.3 Å². The Hall–Kier alpha value is -2.13. The van der Waals surface area contributed by atoms with Crippen LogP contribution < -0.4 is 5.32 Å². The SMILES string of the molecule is C[C@@H]1[C@H](C)CCC[C@@H]1NC(=O)COC(=O)c1cc(S(=O)(=O)N2CCCC2)ccc1O. The first-order valence-corrected chi connectivity index (χ1v) is 11.9. The summed E-state index contributed by atoms with van der Waals surface area (Å²) in [6, 6.07) is 3.57. The predicted octanol–water partition coefficient (Wildman–Crippen LogP) is 2.27. The first kappa shape index (κ1) is 22.6. The molecule has 2 aliphatic rings. The smallest absolute Gasteiger partial charge is 0.342 e. The second-order valence-corrected chi connectivity index (χ2v) is 10.2. The number of nitrogens with zero attached hydrogens (tertiary/aromatic N) is 1. The molecule has 30 heavy (non-hydrogen) atoms. The summed E-state index contributed by atoms with van der Waals surface area (Å²) in [4.78, 5) is 24.6.